The maximum absolute atomic E-state index is 13.8. The normalized spacial score (nSPS) is 40.2. The molecule has 0 spiro atoms. The highest BCUT2D eigenvalue weighted by atomic mass is 16.2. The summed E-state index contributed by atoms with van der Waals surface area (Å²) in [5.74, 6) is 0.172. The Morgan fingerprint density at radius 3 is 1.47 bits per heavy atom. The van der Waals surface area contributed by atoms with Crippen LogP contribution in [-0.2, 0) is 14.4 Å². The molecular formula is C29H28N2O3. The van der Waals surface area contributed by atoms with Crippen molar-refractivity contribution in [2.75, 3.05) is 0 Å². The van der Waals surface area contributed by atoms with E-state index in [1.165, 1.54) is 19.3 Å². The van der Waals surface area contributed by atoms with Gasteiger partial charge in [0.05, 0.1) is 17.3 Å². The van der Waals surface area contributed by atoms with E-state index in [0.29, 0.717) is 17.8 Å². The maximum Gasteiger partial charge on any atom is 0.253 e. The number of hydrogen-bond donors (Lipinski definition) is 1. The van der Waals surface area contributed by atoms with Crippen molar-refractivity contribution in [1.29, 1.82) is 0 Å². The summed E-state index contributed by atoms with van der Waals surface area (Å²) in [6.07, 6.45) is 6.48. The molecule has 6 bridgehead atoms. The molecule has 2 atom stereocenters. The Hall–Kier alpha value is -2.95. The van der Waals surface area contributed by atoms with Gasteiger partial charge in [-0.3, -0.25) is 19.8 Å². The third kappa shape index (κ3) is 2.28. The molecule has 0 radical (unpaired) electrons. The molecule has 3 amide bonds. The van der Waals surface area contributed by atoms with Gasteiger partial charge in [-0.1, -0.05) is 48.5 Å². The number of carbonyl (C=O) groups is 3. The number of amides is 3. The number of imide groups is 1. The van der Waals surface area contributed by atoms with Crippen LogP contribution in [0.5, 0.6) is 0 Å². The third-order valence-corrected chi connectivity index (χ3v) is 10.2. The van der Waals surface area contributed by atoms with E-state index >= 15 is 0 Å². The zero-order valence-electron chi connectivity index (χ0n) is 19.1. The predicted molar refractivity (Wildman–Crippen MR) is 124 cm³/mol. The van der Waals surface area contributed by atoms with Gasteiger partial charge in [-0.2, -0.15) is 5.01 Å². The van der Waals surface area contributed by atoms with E-state index in [4.69, 9.17) is 0 Å². The average Bonchev–Trinajstić information content (AvgIpc) is 3.08. The van der Waals surface area contributed by atoms with Gasteiger partial charge in [0.15, 0.2) is 0 Å². The Bertz CT molecular complexity index is 1130. The Kier molecular flexibility index (Phi) is 3.63. The van der Waals surface area contributed by atoms with Crippen LogP contribution in [0.1, 0.15) is 72.6 Å². The van der Waals surface area contributed by atoms with Crippen LogP contribution >= 0.6 is 0 Å². The SMILES string of the molecule is O=C1[C@H]2C3c4ccccc4C(c4ccccc43)[C@@H]2C(=O)N1NC(=O)C12CC3CC(CC(C3)C1)C2. The zero-order valence-corrected chi connectivity index (χ0v) is 19.1. The summed E-state index contributed by atoms with van der Waals surface area (Å²) in [5.41, 5.74) is 7.14. The van der Waals surface area contributed by atoms with Crippen molar-refractivity contribution in [3.8, 4) is 0 Å². The van der Waals surface area contributed by atoms with Crippen LogP contribution in [0, 0.1) is 35.0 Å². The van der Waals surface area contributed by atoms with Crippen molar-refractivity contribution in [2.24, 2.45) is 35.0 Å². The summed E-state index contributed by atoms with van der Waals surface area (Å²) in [5, 5.41) is 1.13. The summed E-state index contributed by atoms with van der Waals surface area (Å²) in [6.45, 7) is 0. The number of hydrogen-bond acceptors (Lipinski definition) is 3. The van der Waals surface area contributed by atoms with Crippen LogP contribution in [0.2, 0.25) is 0 Å². The topological polar surface area (TPSA) is 66.5 Å². The van der Waals surface area contributed by atoms with Gasteiger partial charge >= 0.3 is 0 Å². The number of nitrogens with one attached hydrogen (secondary N) is 1. The molecule has 1 aliphatic heterocycles. The first kappa shape index (κ1) is 19.4. The van der Waals surface area contributed by atoms with E-state index in [0.717, 1.165) is 46.5 Å². The second kappa shape index (κ2) is 6.38. The molecular weight excluding hydrogens is 424 g/mol. The predicted octanol–water partition coefficient (Wildman–Crippen LogP) is 4.13. The first-order chi connectivity index (χ1) is 16.5. The highest BCUT2D eigenvalue weighted by Gasteiger charge is 2.63. The van der Waals surface area contributed by atoms with Gasteiger partial charge in [-0.25, -0.2) is 0 Å². The van der Waals surface area contributed by atoms with E-state index < -0.39 is 17.3 Å². The number of carbonyl (C=O) groups excluding carboxylic acids is 3. The average molecular weight is 453 g/mol. The summed E-state index contributed by atoms with van der Waals surface area (Å²) >= 11 is 0. The minimum atomic E-state index is -0.445. The Labute approximate surface area is 198 Å². The number of rotatable bonds is 2. The molecule has 2 aromatic carbocycles. The van der Waals surface area contributed by atoms with Crippen molar-refractivity contribution >= 4 is 17.7 Å². The molecule has 8 aliphatic rings. The minimum absolute atomic E-state index is 0.0886. The Balaban J connectivity index is 1.16. The monoisotopic (exact) mass is 452 g/mol. The standard InChI is InChI=1S/C29H28N2O3/c32-26-24-22-18-5-1-2-6-19(18)23(21-8-4-3-7-20(21)22)25(24)27(33)31(26)30-28(34)29-12-15-9-16(13-29)11-17(10-15)14-29/h1-8,15-17,22-25H,9-14H2,(H,30,34)/t15?,16?,17?,22?,23?,24-,25-,29?/m0/s1. The third-order valence-electron chi connectivity index (χ3n) is 10.2. The molecule has 5 nitrogen and oxygen atoms in total. The lowest BCUT2D eigenvalue weighted by molar-refractivity contribution is -0.160. The number of benzene rings is 2. The van der Waals surface area contributed by atoms with Crippen molar-refractivity contribution in [2.45, 2.75) is 50.4 Å². The van der Waals surface area contributed by atoms with Gasteiger partial charge in [0.1, 0.15) is 0 Å². The van der Waals surface area contributed by atoms with E-state index in [-0.39, 0.29) is 29.6 Å². The quantitative estimate of drug-likeness (QED) is 0.697. The highest BCUT2D eigenvalue weighted by molar-refractivity contribution is 6.08. The fourth-order valence-corrected chi connectivity index (χ4v) is 9.40. The van der Waals surface area contributed by atoms with E-state index in [2.05, 4.69) is 29.7 Å². The first-order valence-electron chi connectivity index (χ1n) is 12.9. The summed E-state index contributed by atoms with van der Waals surface area (Å²) in [4.78, 5) is 41.3. The van der Waals surface area contributed by atoms with Crippen LogP contribution in [0.4, 0.5) is 0 Å². The largest absolute Gasteiger partial charge is 0.273 e. The second-order valence-corrected chi connectivity index (χ2v) is 11.9. The molecule has 10 rings (SSSR count). The fourth-order valence-electron chi connectivity index (χ4n) is 9.40. The van der Waals surface area contributed by atoms with Gasteiger partial charge in [0.2, 0.25) is 5.91 Å². The van der Waals surface area contributed by atoms with E-state index in [1.54, 1.807) is 0 Å². The molecule has 1 saturated heterocycles. The first-order valence-corrected chi connectivity index (χ1v) is 12.9. The van der Waals surface area contributed by atoms with Gasteiger partial charge in [0, 0.05) is 11.8 Å². The molecule has 34 heavy (non-hydrogen) atoms. The molecule has 2 aromatic rings. The molecule has 0 aromatic heterocycles. The molecule has 1 heterocycles. The Morgan fingerprint density at radius 1 is 0.706 bits per heavy atom. The number of hydrazine groups is 1. The molecule has 4 saturated carbocycles. The molecule has 5 fully saturated rings. The summed E-state index contributed by atoms with van der Waals surface area (Å²) in [7, 11) is 0. The van der Waals surface area contributed by atoms with E-state index in [1.807, 2.05) is 24.3 Å². The zero-order chi connectivity index (χ0) is 22.8. The van der Waals surface area contributed by atoms with Crippen LogP contribution in [0.25, 0.3) is 0 Å². The van der Waals surface area contributed by atoms with Crippen molar-refractivity contribution in [1.82, 2.24) is 10.4 Å². The van der Waals surface area contributed by atoms with Gasteiger partial charge in [-0.05, 0) is 78.5 Å². The maximum atomic E-state index is 13.8. The molecule has 5 heteroatoms. The molecule has 172 valence electrons. The van der Waals surface area contributed by atoms with Crippen molar-refractivity contribution in [3.05, 3.63) is 70.8 Å². The van der Waals surface area contributed by atoms with Crippen LogP contribution in [0.3, 0.4) is 0 Å². The summed E-state index contributed by atoms with van der Waals surface area (Å²) < 4.78 is 0. The Morgan fingerprint density at radius 2 is 1.09 bits per heavy atom. The van der Waals surface area contributed by atoms with Crippen LogP contribution in [0.15, 0.2) is 48.5 Å². The van der Waals surface area contributed by atoms with Gasteiger partial charge in [-0.15, -0.1) is 0 Å². The van der Waals surface area contributed by atoms with Crippen LogP contribution < -0.4 is 5.43 Å². The molecule has 1 N–H and O–H groups in total. The van der Waals surface area contributed by atoms with Gasteiger partial charge < -0.3 is 0 Å². The van der Waals surface area contributed by atoms with Crippen molar-refractivity contribution in [3.63, 3.8) is 0 Å². The van der Waals surface area contributed by atoms with E-state index in [9.17, 15) is 14.4 Å². The number of nitrogens with zero attached hydrogens (tertiary/aromatic N) is 1. The van der Waals surface area contributed by atoms with Crippen LogP contribution in [-0.4, -0.2) is 22.7 Å². The van der Waals surface area contributed by atoms with Crippen molar-refractivity contribution < 1.29 is 14.4 Å². The lowest BCUT2D eigenvalue weighted by Crippen LogP contribution is -2.58. The van der Waals surface area contributed by atoms with Gasteiger partial charge in [0.25, 0.3) is 11.8 Å². The second-order valence-electron chi connectivity index (χ2n) is 11.9. The molecule has 7 aliphatic carbocycles. The smallest absolute Gasteiger partial charge is 0.253 e. The summed E-state index contributed by atoms with van der Waals surface area (Å²) in [6, 6.07) is 16.5. The molecule has 0 unspecified atom stereocenters. The lowest BCUT2D eigenvalue weighted by atomic mass is 9.49. The minimum Gasteiger partial charge on any atom is -0.273 e. The lowest BCUT2D eigenvalue weighted by Gasteiger charge is -2.55. The highest BCUT2D eigenvalue weighted by Crippen LogP contribution is 2.62. The fraction of sp³-hybridized carbons (Fsp3) is 0.483.